The van der Waals surface area contributed by atoms with Crippen molar-refractivity contribution in [2.75, 3.05) is 11.9 Å². The van der Waals surface area contributed by atoms with Crippen LogP contribution in [-0.4, -0.2) is 17.5 Å². The summed E-state index contributed by atoms with van der Waals surface area (Å²) in [4.78, 5) is 16.4. The number of nitrogens with one attached hydrogen (secondary N) is 1. The van der Waals surface area contributed by atoms with Crippen LogP contribution in [0.25, 0.3) is 10.9 Å². The summed E-state index contributed by atoms with van der Waals surface area (Å²) in [5.74, 6) is 0.512. The van der Waals surface area contributed by atoms with E-state index in [0.717, 1.165) is 27.7 Å². The molecule has 1 aromatic heterocycles. The molecule has 0 radical (unpaired) electrons. The van der Waals surface area contributed by atoms with Gasteiger partial charge in [0, 0.05) is 11.6 Å². The van der Waals surface area contributed by atoms with E-state index in [9.17, 15) is 4.79 Å². The fraction of sp³-hybridized carbons (Fsp3) is 0.158. The van der Waals surface area contributed by atoms with Gasteiger partial charge in [0.25, 0.3) is 5.91 Å². The van der Waals surface area contributed by atoms with Gasteiger partial charge in [-0.25, -0.2) is 0 Å². The first-order valence-electron chi connectivity index (χ1n) is 7.46. The molecule has 1 N–H and O–H groups in total. The number of fused-ring (bicyclic) bond motifs is 1. The van der Waals surface area contributed by atoms with Crippen LogP contribution in [0, 0.1) is 13.8 Å². The van der Waals surface area contributed by atoms with Crippen molar-refractivity contribution < 1.29 is 9.53 Å². The van der Waals surface area contributed by atoms with Crippen molar-refractivity contribution in [3.63, 3.8) is 0 Å². The molecule has 0 aliphatic heterocycles. The van der Waals surface area contributed by atoms with Gasteiger partial charge in [0.15, 0.2) is 6.61 Å². The first-order valence-corrected chi connectivity index (χ1v) is 7.46. The lowest BCUT2D eigenvalue weighted by molar-refractivity contribution is -0.118. The molecule has 1 amide bonds. The Morgan fingerprint density at radius 3 is 2.65 bits per heavy atom. The molecule has 3 rings (SSSR count). The van der Waals surface area contributed by atoms with E-state index in [4.69, 9.17) is 4.74 Å². The Balaban J connectivity index is 1.69. The second-order valence-electron chi connectivity index (χ2n) is 5.54. The number of anilines is 1. The fourth-order valence-corrected chi connectivity index (χ4v) is 2.56. The molecule has 0 aliphatic carbocycles. The maximum absolute atomic E-state index is 12.1. The molecule has 4 heteroatoms. The van der Waals surface area contributed by atoms with E-state index in [1.807, 2.05) is 56.3 Å². The number of rotatable bonds is 4. The van der Waals surface area contributed by atoms with Crippen LogP contribution in [0.15, 0.2) is 54.7 Å². The Morgan fingerprint density at radius 1 is 1.09 bits per heavy atom. The number of pyridine rings is 1. The minimum Gasteiger partial charge on any atom is -0.484 e. The van der Waals surface area contributed by atoms with Crippen molar-refractivity contribution in [3.05, 3.63) is 65.9 Å². The average Bonchev–Trinajstić information content (AvgIpc) is 2.52. The number of aryl methyl sites for hydroxylation is 2. The van der Waals surface area contributed by atoms with Gasteiger partial charge < -0.3 is 10.1 Å². The summed E-state index contributed by atoms with van der Waals surface area (Å²) < 4.78 is 5.59. The predicted molar refractivity (Wildman–Crippen MR) is 91.8 cm³/mol. The number of carbonyl (C=O) groups is 1. The van der Waals surface area contributed by atoms with Gasteiger partial charge in [-0.2, -0.15) is 0 Å². The molecule has 23 heavy (non-hydrogen) atoms. The molecule has 0 aliphatic rings. The van der Waals surface area contributed by atoms with Gasteiger partial charge in [0.05, 0.1) is 11.2 Å². The van der Waals surface area contributed by atoms with Crippen LogP contribution in [-0.2, 0) is 4.79 Å². The number of hydrogen-bond donors (Lipinski definition) is 1. The molecule has 0 bridgehead atoms. The number of hydrogen-bond acceptors (Lipinski definition) is 3. The first-order chi connectivity index (χ1) is 11.1. The zero-order chi connectivity index (χ0) is 16.2. The van der Waals surface area contributed by atoms with Crippen molar-refractivity contribution >= 4 is 22.5 Å². The van der Waals surface area contributed by atoms with Crippen LogP contribution in [0.2, 0.25) is 0 Å². The quantitative estimate of drug-likeness (QED) is 0.796. The fourth-order valence-electron chi connectivity index (χ4n) is 2.56. The Kier molecular flexibility index (Phi) is 4.24. The SMILES string of the molecule is Cc1cc(C)cc(OCC(=O)Nc2cccc3ncccc23)c1. The molecule has 1 heterocycles. The van der Waals surface area contributed by atoms with E-state index in [1.54, 1.807) is 6.20 Å². The van der Waals surface area contributed by atoms with Crippen LogP contribution < -0.4 is 10.1 Å². The molecule has 4 nitrogen and oxygen atoms in total. The Labute approximate surface area is 135 Å². The van der Waals surface area contributed by atoms with Crippen molar-refractivity contribution in [1.82, 2.24) is 4.98 Å². The maximum atomic E-state index is 12.1. The number of ether oxygens (including phenoxy) is 1. The molecule has 2 aromatic carbocycles. The average molecular weight is 306 g/mol. The topological polar surface area (TPSA) is 51.2 Å². The molecule has 0 fully saturated rings. The van der Waals surface area contributed by atoms with Crippen molar-refractivity contribution in [1.29, 1.82) is 0 Å². The standard InChI is InChI=1S/C19H18N2O2/c1-13-9-14(2)11-15(10-13)23-12-19(22)21-18-7-3-6-17-16(18)5-4-8-20-17/h3-11H,12H2,1-2H3,(H,21,22). The minimum atomic E-state index is -0.194. The maximum Gasteiger partial charge on any atom is 0.262 e. The number of nitrogens with zero attached hydrogens (tertiary/aromatic N) is 1. The zero-order valence-corrected chi connectivity index (χ0v) is 13.2. The van der Waals surface area contributed by atoms with Gasteiger partial charge in [-0.15, -0.1) is 0 Å². The summed E-state index contributed by atoms with van der Waals surface area (Å²) in [6.07, 6.45) is 1.73. The van der Waals surface area contributed by atoms with E-state index in [1.165, 1.54) is 0 Å². The highest BCUT2D eigenvalue weighted by atomic mass is 16.5. The second kappa shape index (κ2) is 6.48. The summed E-state index contributed by atoms with van der Waals surface area (Å²) >= 11 is 0. The van der Waals surface area contributed by atoms with Crippen LogP contribution in [0.4, 0.5) is 5.69 Å². The molecule has 0 unspecified atom stereocenters. The van der Waals surface area contributed by atoms with E-state index in [2.05, 4.69) is 16.4 Å². The van der Waals surface area contributed by atoms with Gasteiger partial charge in [0.2, 0.25) is 0 Å². The van der Waals surface area contributed by atoms with Gasteiger partial charge in [-0.3, -0.25) is 9.78 Å². The Hall–Kier alpha value is -2.88. The third kappa shape index (κ3) is 3.66. The normalized spacial score (nSPS) is 10.5. The predicted octanol–water partition coefficient (Wildman–Crippen LogP) is 3.87. The van der Waals surface area contributed by atoms with Gasteiger partial charge in [-0.05, 0) is 61.4 Å². The van der Waals surface area contributed by atoms with Gasteiger partial charge in [0.1, 0.15) is 5.75 Å². The third-order valence-electron chi connectivity index (χ3n) is 3.48. The summed E-state index contributed by atoms with van der Waals surface area (Å²) in [6.45, 7) is 3.98. The number of amides is 1. The molecule has 0 saturated heterocycles. The molecule has 0 atom stereocenters. The largest absolute Gasteiger partial charge is 0.484 e. The zero-order valence-electron chi connectivity index (χ0n) is 13.2. The van der Waals surface area contributed by atoms with E-state index < -0.39 is 0 Å². The van der Waals surface area contributed by atoms with Crippen molar-refractivity contribution in [3.8, 4) is 5.75 Å². The molecule has 3 aromatic rings. The smallest absolute Gasteiger partial charge is 0.262 e. The highest BCUT2D eigenvalue weighted by molar-refractivity contribution is 6.01. The van der Waals surface area contributed by atoms with Crippen LogP contribution in [0.5, 0.6) is 5.75 Å². The number of benzene rings is 2. The molecular formula is C19H18N2O2. The lowest BCUT2D eigenvalue weighted by Crippen LogP contribution is -2.20. The second-order valence-corrected chi connectivity index (χ2v) is 5.54. The Morgan fingerprint density at radius 2 is 1.87 bits per heavy atom. The van der Waals surface area contributed by atoms with Gasteiger partial charge in [-0.1, -0.05) is 12.1 Å². The summed E-state index contributed by atoms with van der Waals surface area (Å²) in [7, 11) is 0. The van der Waals surface area contributed by atoms with E-state index in [-0.39, 0.29) is 12.5 Å². The molecule has 0 spiro atoms. The third-order valence-corrected chi connectivity index (χ3v) is 3.48. The Bertz CT molecular complexity index is 833. The minimum absolute atomic E-state index is 0.0282. The number of carbonyl (C=O) groups excluding carboxylic acids is 1. The molecule has 116 valence electrons. The lowest BCUT2D eigenvalue weighted by atomic mass is 10.1. The number of aromatic nitrogens is 1. The van der Waals surface area contributed by atoms with Crippen LogP contribution in [0.3, 0.4) is 0 Å². The van der Waals surface area contributed by atoms with Gasteiger partial charge >= 0.3 is 0 Å². The summed E-state index contributed by atoms with van der Waals surface area (Å²) in [5, 5.41) is 3.79. The summed E-state index contributed by atoms with van der Waals surface area (Å²) in [6, 6.07) is 15.3. The van der Waals surface area contributed by atoms with Crippen molar-refractivity contribution in [2.45, 2.75) is 13.8 Å². The lowest BCUT2D eigenvalue weighted by Gasteiger charge is -2.10. The van der Waals surface area contributed by atoms with Crippen molar-refractivity contribution in [2.24, 2.45) is 0 Å². The highest BCUT2D eigenvalue weighted by Crippen LogP contribution is 2.21. The van der Waals surface area contributed by atoms with Crippen LogP contribution in [0.1, 0.15) is 11.1 Å². The highest BCUT2D eigenvalue weighted by Gasteiger charge is 2.07. The van der Waals surface area contributed by atoms with Crippen LogP contribution >= 0.6 is 0 Å². The monoisotopic (exact) mass is 306 g/mol. The van der Waals surface area contributed by atoms with E-state index >= 15 is 0 Å². The first kappa shape index (κ1) is 15.0. The van der Waals surface area contributed by atoms with E-state index in [0.29, 0.717) is 5.75 Å². The molecular weight excluding hydrogens is 288 g/mol. The molecule has 0 saturated carbocycles. The summed E-state index contributed by atoms with van der Waals surface area (Å²) in [5.41, 5.74) is 3.81.